The van der Waals surface area contributed by atoms with Crippen molar-refractivity contribution in [3.63, 3.8) is 0 Å². The summed E-state index contributed by atoms with van der Waals surface area (Å²) < 4.78 is 10.4. The summed E-state index contributed by atoms with van der Waals surface area (Å²) in [5.74, 6) is -0.165. The van der Waals surface area contributed by atoms with Crippen LogP contribution in [0.3, 0.4) is 0 Å². The van der Waals surface area contributed by atoms with E-state index in [-0.39, 0.29) is 18.4 Å². The van der Waals surface area contributed by atoms with Crippen LogP contribution >= 0.6 is 0 Å². The number of carbonyl (C=O) groups is 2. The number of carbonyl (C=O) groups excluding carboxylic acids is 2. The Morgan fingerprint density at radius 3 is 2.54 bits per heavy atom. The molecule has 2 rings (SSSR count). The van der Waals surface area contributed by atoms with E-state index in [2.05, 4.69) is 5.32 Å². The molecule has 2 aromatic carbocycles. The summed E-state index contributed by atoms with van der Waals surface area (Å²) >= 11 is 0. The Bertz CT molecular complexity index is 708. The molecule has 0 saturated carbocycles. The molecule has 5 nitrogen and oxygen atoms in total. The summed E-state index contributed by atoms with van der Waals surface area (Å²) in [6.45, 7) is 3.70. The lowest BCUT2D eigenvalue weighted by atomic mass is 9.99. The molecule has 2 atom stereocenters. The molecule has 0 radical (unpaired) electrons. The molecule has 0 aliphatic heterocycles. The van der Waals surface area contributed by atoms with Gasteiger partial charge in [-0.2, -0.15) is 0 Å². The van der Waals surface area contributed by atoms with Gasteiger partial charge in [-0.3, -0.25) is 4.79 Å². The van der Waals surface area contributed by atoms with E-state index < -0.39 is 12.0 Å². The maximum Gasteiger partial charge on any atom is 0.328 e. The predicted octanol–water partition coefficient (Wildman–Crippen LogP) is 2.92. The highest BCUT2D eigenvalue weighted by atomic mass is 16.5. The minimum Gasteiger partial charge on any atom is -0.483 e. The number of amides is 1. The van der Waals surface area contributed by atoms with E-state index in [1.165, 1.54) is 7.11 Å². The monoisotopic (exact) mass is 329 g/mol. The second-order valence-corrected chi connectivity index (χ2v) is 5.72. The van der Waals surface area contributed by atoms with E-state index in [9.17, 15) is 9.59 Å². The first-order valence-corrected chi connectivity index (χ1v) is 8.04. The van der Waals surface area contributed by atoms with E-state index in [0.29, 0.717) is 5.75 Å². The lowest BCUT2D eigenvalue weighted by Gasteiger charge is -2.21. The number of esters is 1. The van der Waals surface area contributed by atoms with Crippen molar-refractivity contribution in [3.05, 3.63) is 42.5 Å². The first-order valence-electron chi connectivity index (χ1n) is 8.04. The fraction of sp³-hybridized carbons (Fsp3) is 0.368. The summed E-state index contributed by atoms with van der Waals surface area (Å²) in [5, 5.41) is 4.69. The first kappa shape index (κ1) is 17.8. The smallest absolute Gasteiger partial charge is 0.328 e. The Morgan fingerprint density at radius 2 is 1.83 bits per heavy atom. The third-order valence-electron chi connectivity index (χ3n) is 4.09. The van der Waals surface area contributed by atoms with Gasteiger partial charge in [-0.05, 0) is 17.4 Å². The number of hydrogen-bond acceptors (Lipinski definition) is 4. The first-order chi connectivity index (χ1) is 11.6. The molecular weight excluding hydrogens is 306 g/mol. The molecular formula is C19H23NO4. The van der Waals surface area contributed by atoms with Gasteiger partial charge in [-0.1, -0.05) is 56.7 Å². The summed E-state index contributed by atoms with van der Waals surface area (Å²) in [4.78, 5) is 24.0. The molecule has 0 aliphatic rings. The number of fused-ring (bicyclic) bond motifs is 1. The Hall–Kier alpha value is -2.56. The predicted molar refractivity (Wildman–Crippen MR) is 92.8 cm³/mol. The van der Waals surface area contributed by atoms with Crippen molar-refractivity contribution < 1.29 is 19.1 Å². The zero-order chi connectivity index (χ0) is 17.5. The largest absolute Gasteiger partial charge is 0.483 e. The average molecular weight is 329 g/mol. The summed E-state index contributed by atoms with van der Waals surface area (Å²) in [6, 6.07) is 12.8. The zero-order valence-corrected chi connectivity index (χ0v) is 14.2. The summed E-state index contributed by atoms with van der Waals surface area (Å²) in [5.41, 5.74) is 0. The van der Waals surface area contributed by atoms with Crippen molar-refractivity contribution in [2.24, 2.45) is 5.92 Å². The molecule has 0 unspecified atom stereocenters. The van der Waals surface area contributed by atoms with Crippen LogP contribution in [-0.2, 0) is 14.3 Å². The van der Waals surface area contributed by atoms with Crippen LogP contribution in [0.15, 0.2) is 42.5 Å². The van der Waals surface area contributed by atoms with Gasteiger partial charge in [0.2, 0.25) is 0 Å². The summed E-state index contributed by atoms with van der Waals surface area (Å²) in [6.07, 6.45) is 0.754. The van der Waals surface area contributed by atoms with Crippen LogP contribution in [0.5, 0.6) is 5.75 Å². The molecule has 2 aromatic rings. The van der Waals surface area contributed by atoms with Crippen molar-refractivity contribution in [1.29, 1.82) is 0 Å². The minimum absolute atomic E-state index is 0.0149. The van der Waals surface area contributed by atoms with Gasteiger partial charge in [0.1, 0.15) is 11.8 Å². The molecule has 1 N–H and O–H groups in total. The van der Waals surface area contributed by atoms with Gasteiger partial charge in [0, 0.05) is 5.39 Å². The molecule has 0 aliphatic carbocycles. The van der Waals surface area contributed by atoms with Gasteiger partial charge in [-0.25, -0.2) is 4.79 Å². The lowest BCUT2D eigenvalue weighted by Crippen LogP contribution is -2.47. The molecule has 0 saturated heterocycles. The molecule has 0 bridgehead atoms. The van der Waals surface area contributed by atoms with E-state index in [1.54, 1.807) is 0 Å². The Morgan fingerprint density at radius 1 is 1.12 bits per heavy atom. The maximum absolute atomic E-state index is 12.2. The van der Waals surface area contributed by atoms with Crippen molar-refractivity contribution in [3.8, 4) is 5.75 Å². The number of methoxy groups -OCH3 is 1. The quantitative estimate of drug-likeness (QED) is 0.793. The van der Waals surface area contributed by atoms with Gasteiger partial charge in [0.15, 0.2) is 6.61 Å². The van der Waals surface area contributed by atoms with Crippen LogP contribution in [0.2, 0.25) is 0 Å². The second kappa shape index (κ2) is 8.34. The Balaban J connectivity index is 2.02. The highest BCUT2D eigenvalue weighted by Crippen LogP contribution is 2.25. The van der Waals surface area contributed by atoms with Gasteiger partial charge < -0.3 is 14.8 Å². The maximum atomic E-state index is 12.2. The van der Waals surface area contributed by atoms with Crippen LogP contribution in [0, 0.1) is 5.92 Å². The van der Waals surface area contributed by atoms with Gasteiger partial charge in [-0.15, -0.1) is 0 Å². The molecule has 1 amide bonds. The van der Waals surface area contributed by atoms with Crippen molar-refractivity contribution >= 4 is 22.6 Å². The fourth-order valence-electron chi connectivity index (χ4n) is 2.48. The van der Waals surface area contributed by atoms with Crippen LogP contribution in [0.4, 0.5) is 0 Å². The number of benzene rings is 2. The second-order valence-electron chi connectivity index (χ2n) is 5.72. The molecule has 0 aromatic heterocycles. The number of hydrogen-bond donors (Lipinski definition) is 1. The normalized spacial score (nSPS) is 13.1. The average Bonchev–Trinajstić information content (AvgIpc) is 2.63. The molecule has 0 spiro atoms. The highest BCUT2D eigenvalue weighted by molar-refractivity contribution is 5.89. The van der Waals surface area contributed by atoms with E-state index in [4.69, 9.17) is 9.47 Å². The molecule has 0 fully saturated rings. The molecule has 5 heteroatoms. The van der Waals surface area contributed by atoms with Crippen molar-refractivity contribution in [2.75, 3.05) is 13.7 Å². The summed E-state index contributed by atoms with van der Waals surface area (Å²) in [7, 11) is 1.32. The number of nitrogens with one attached hydrogen (secondary N) is 1. The number of rotatable bonds is 7. The Kier molecular flexibility index (Phi) is 6.18. The standard InChI is InChI=1S/C19H23NO4/c1-4-13(2)18(19(22)23-3)20-17(21)12-24-16-11-7-9-14-8-5-6-10-15(14)16/h5-11,13,18H,4,12H2,1-3H3,(H,20,21)/t13-,18-/m1/s1. The lowest BCUT2D eigenvalue weighted by molar-refractivity contribution is -0.146. The number of ether oxygens (including phenoxy) is 2. The van der Waals surface area contributed by atoms with Crippen molar-refractivity contribution in [2.45, 2.75) is 26.3 Å². The van der Waals surface area contributed by atoms with Gasteiger partial charge in [0.25, 0.3) is 5.91 Å². The van der Waals surface area contributed by atoms with E-state index >= 15 is 0 Å². The SMILES string of the molecule is CC[C@@H](C)[C@@H](NC(=O)COc1cccc2ccccc12)C(=O)OC. The van der Waals surface area contributed by atoms with Crippen LogP contribution < -0.4 is 10.1 Å². The Labute approximate surface area is 141 Å². The highest BCUT2D eigenvalue weighted by Gasteiger charge is 2.26. The molecule has 128 valence electrons. The van der Waals surface area contributed by atoms with Crippen LogP contribution in [0.25, 0.3) is 10.8 Å². The van der Waals surface area contributed by atoms with Crippen LogP contribution in [-0.4, -0.2) is 31.6 Å². The third kappa shape index (κ3) is 4.25. The van der Waals surface area contributed by atoms with Gasteiger partial charge >= 0.3 is 5.97 Å². The van der Waals surface area contributed by atoms with Gasteiger partial charge in [0.05, 0.1) is 7.11 Å². The topological polar surface area (TPSA) is 64.6 Å². The minimum atomic E-state index is -0.663. The van der Waals surface area contributed by atoms with E-state index in [1.807, 2.05) is 56.3 Å². The van der Waals surface area contributed by atoms with Crippen molar-refractivity contribution in [1.82, 2.24) is 5.32 Å². The van der Waals surface area contributed by atoms with Crippen LogP contribution in [0.1, 0.15) is 20.3 Å². The third-order valence-corrected chi connectivity index (χ3v) is 4.09. The van der Waals surface area contributed by atoms with E-state index in [0.717, 1.165) is 17.2 Å². The molecule has 0 heterocycles. The molecule has 24 heavy (non-hydrogen) atoms. The fourth-order valence-corrected chi connectivity index (χ4v) is 2.48. The zero-order valence-electron chi connectivity index (χ0n) is 14.2.